The molecule has 1 aliphatic heterocycles. The van der Waals surface area contributed by atoms with Gasteiger partial charge in [0.2, 0.25) is 0 Å². The van der Waals surface area contributed by atoms with Gasteiger partial charge in [-0.2, -0.15) is 5.06 Å². The molecule has 0 radical (unpaired) electrons. The first-order valence-electron chi connectivity index (χ1n) is 10.6. The molecule has 0 amide bonds. The maximum absolute atomic E-state index is 6.33. The minimum absolute atomic E-state index is 0.133. The molecule has 0 N–H and O–H groups in total. The van der Waals surface area contributed by atoms with Crippen LogP contribution in [0.25, 0.3) is 5.57 Å². The molecule has 4 rings (SSSR count). The molecule has 1 aliphatic carbocycles. The Morgan fingerprint density at radius 2 is 1.90 bits per heavy atom. The van der Waals surface area contributed by atoms with E-state index in [0.29, 0.717) is 18.3 Å². The lowest BCUT2D eigenvalue weighted by molar-refractivity contribution is 0.189. The first kappa shape index (κ1) is 22.6. The lowest BCUT2D eigenvalue weighted by Gasteiger charge is -2.27. The van der Waals surface area contributed by atoms with Gasteiger partial charge in [0.15, 0.2) is 6.23 Å². The van der Waals surface area contributed by atoms with Crippen molar-refractivity contribution in [1.29, 1.82) is 0 Å². The average Bonchev–Trinajstić information content (AvgIpc) is 3.56. The fourth-order valence-corrected chi connectivity index (χ4v) is 4.78. The van der Waals surface area contributed by atoms with Crippen molar-refractivity contribution in [2.24, 2.45) is 5.92 Å². The van der Waals surface area contributed by atoms with Gasteiger partial charge in [0, 0.05) is 21.8 Å². The monoisotopic (exact) mass is 473 g/mol. The zero-order chi connectivity index (χ0) is 21.8. The highest BCUT2D eigenvalue weighted by Gasteiger charge is 2.44. The van der Waals surface area contributed by atoms with Crippen LogP contribution in [0.4, 0.5) is 0 Å². The van der Waals surface area contributed by atoms with Crippen LogP contribution in [-0.4, -0.2) is 17.2 Å². The molecule has 0 aromatic heterocycles. The fraction of sp³-hybridized carbons (Fsp3) is 0.308. The van der Waals surface area contributed by atoms with Gasteiger partial charge in [-0.3, -0.25) is 4.84 Å². The number of hydrogen-bond acceptors (Lipinski definition) is 2. The normalized spacial score (nSPS) is 24.1. The van der Waals surface area contributed by atoms with E-state index in [9.17, 15) is 0 Å². The van der Waals surface area contributed by atoms with Crippen molar-refractivity contribution in [3.8, 4) is 0 Å². The van der Waals surface area contributed by atoms with Crippen LogP contribution in [0.1, 0.15) is 37.3 Å². The summed E-state index contributed by atoms with van der Waals surface area (Å²) in [6.45, 7) is 2.80. The predicted octanol–water partition coefficient (Wildman–Crippen LogP) is 8.06. The van der Waals surface area contributed by atoms with E-state index in [1.54, 1.807) is 0 Å². The fourth-order valence-electron chi connectivity index (χ4n) is 4.37. The van der Waals surface area contributed by atoms with Gasteiger partial charge in [0.1, 0.15) is 0 Å². The van der Waals surface area contributed by atoms with Crippen LogP contribution < -0.4 is 0 Å². The second-order valence-corrected chi connectivity index (χ2v) is 9.08. The molecule has 3 unspecified atom stereocenters. The molecule has 5 heteroatoms. The van der Waals surface area contributed by atoms with Crippen LogP contribution in [0.2, 0.25) is 10.0 Å². The number of nitrogens with zero attached hydrogens (tertiary/aromatic N) is 1. The number of halogens is 3. The summed E-state index contributed by atoms with van der Waals surface area (Å²) in [4.78, 5) is 5.99. The first-order chi connectivity index (χ1) is 15.1. The summed E-state index contributed by atoms with van der Waals surface area (Å²) in [6.07, 6.45) is 9.50. The van der Waals surface area contributed by atoms with E-state index in [1.807, 2.05) is 36.4 Å². The quantitative estimate of drug-likeness (QED) is 0.229. The van der Waals surface area contributed by atoms with Crippen LogP contribution in [0, 0.1) is 5.92 Å². The average molecular weight is 475 g/mol. The topological polar surface area (TPSA) is 15.5 Å². The Hall–Kier alpha value is -1.55. The van der Waals surface area contributed by atoms with Crippen molar-refractivity contribution < 1.29 is 4.84 Å². The van der Waals surface area contributed by atoms with Gasteiger partial charge in [0.25, 0.3) is 0 Å². The number of rotatable bonds is 7. The zero-order valence-corrected chi connectivity index (χ0v) is 19.8. The molecule has 3 atom stereocenters. The standard InChI is InChI=1S/C26H26Cl3NO/c1-2-18(7-5-15-27)24-16-20(11-14-23(24)19-9-12-22(28)13-10-19)26-30(31-26)17-21-6-3-4-8-25(21)29/h2-10,12-13,20,26H,11,14-17H2,1H3/b7-5-,18-2+. The lowest BCUT2D eigenvalue weighted by Crippen LogP contribution is -2.19. The number of hydrogen-bond donors (Lipinski definition) is 0. The Morgan fingerprint density at radius 1 is 1.13 bits per heavy atom. The molecule has 0 spiro atoms. The van der Waals surface area contributed by atoms with Gasteiger partial charge in [0.05, 0.1) is 6.54 Å². The van der Waals surface area contributed by atoms with Crippen molar-refractivity contribution >= 4 is 40.4 Å². The van der Waals surface area contributed by atoms with E-state index < -0.39 is 0 Å². The van der Waals surface area contributed by atoms with Gasteiger partial charge < -0.3 is 0 Å². The van der Waals surface area contributed by atoms with Gasteiger partial charge in [-0.05, 0) is 72.2 Å². The first-order valence-corrected chi connectivity index (χ1v) is 11.9. The summed E-state index contributed by atoms with van der Waals surface area (Å²) >= 11 is 18.4. The molecule has 0 saturated carbocycles. The molecule has 2 aromatic rings. The van der Waals surface area contributed by atoms with Crippen molar-refractivity contribution in [3.05, 3.63) is 99.1 Å². The summed E-state index contributed by atoms with van der Waals surface area (Å²) < 4.78 is 0. The van der Waals surface area contributed by atoms with Crippen molar-refractivity contribution in [2.75, 3.05) is 5.88 Å². The molecule has 1 fully saturated rings. The third-order valence-electron chi connectivity index (χ3n) is 6.00. The van der Waals surface area contributed by atoms with Gasteiger partial charge >= 0.3 is 0 Å². The lowest BCUT2D eigenvalue weighted by atomic mass is 9.78. The molecule has 2 nitrogen and oxygen atoms in total. The molecule has 1 heterocycles. The molecule has 2 aromatic carbocycles. The van der Waals surface area contributed by atoms with Crippen molar-refractivity contribution in [1.82, 2.24) is 5.06 Å². The SMILES string of the molecule is C/C=C(\C=C/CCl)C1=C(c2ccc(Cl)cc2)CCC(C2ON2Cc2ccccc2Cl)C1. The van der Waals surface area contributed by atoms with Crippen LogP contribution in [0.3, 0.4) is 0 Å². The van der Waals surface area contributed by atoms with E-state index in [4.69, 9.17) is 39.6 Å². The maximum Gasteiger partial charge on any atom is 0.158 e. The number of benzene rings is 2. The van der Waals surface area contributed by atoms with Crippen LogP contribution in [0.15, 0.2) is 77.9 Å². The highest BCUT2D eigenvalue weighted by atomic mass is 35.5. The molecular formula is C26H26Cl3NO. The Kier molecular flexibility index (Phi) is 7.58. The van der Waals surface area contributed by atoms with Gasteiger partial charge in [-0.1, -0.05) is 71.8 Å². The zero-order valence-electron chi connectivity index (χ0n) is 17.5. The number of hydroxylamine groups is 2. The Labute approximate surface area is 199 Å². The van der Waals surface area contributed by atoms with Gasteiger partial charge in [-0.25, -0.2) is 0 Å². The summed E-state index contributed by atoms with van der Waals surface area (Å²) in [5.41, 5.74) is 6.32. The molecule has 31 heavy (non-hydrogen) atoms. The Bertz CT molecular complexity index is 1010. The molecule has 2 aliphatic rings. The molecular weight excluding hydrogens is 449 g/mol. The minimum atomic E-state index is 0.133. The predicted molar refractivity (Wildman–Crippen MR) is 131 cm³/mol. The van der Waals surface area contributed by atoms with E-state index in [0.717, 1.165) is 34.9 Å². The number of allylic oxidation sites excluding steroid dienone is 6. The van der Waals surface area contributed by atoms with E-state index >= 15 is 0 Å². The van der Waals surface area contributed by atoms with Crippen molar-refractivity contribution in [3.63, 3.8) is 0 Å². The Morgan fingerprint density at radius 3 is 2.61 bits per heavy atom. The van der Waals surface area contributed by atoms with Crippen LogP contribution in [0.5, 0.6) is 0 Å². The summed E-state index contributed by atoms with van der Waals surface area (Å²) in [5, 5.41) is 3.60. The maximum atomic E-state index is 6.33. The van der Waals surface area contributed by atoms with Crippen LogP contribution in [-0.2, 0) is 11.4 Å². The molecule has 1 saturated heterocycles. The molecule has 0 bridgehead atoms. The third kappa shape index (κ3) is 5.45. The summed E-state index contributed by atoms with van der Waals surface area (Å²) in [7, 11) is 0. The second kappa shape index (κ2) is 10.4. The van der Waals surface area contributed by atoms with Crippen molar-refractivity contribution in [2.45, 2.75) is 39.0 Å². The third-order valence-corrected chi connectivity index (χ3v) is 6.80. The highest BCUT2D eigenvalue weighted by molar-refractivity contribution is 6.31. The van der Waals surface area contributed by atoms with E-state index in [1.165, 1.54) is 22.3 Å². The smallest absolute Gasteiger partial charge is 0.158 e. The minimum Gasteiger partial charge on any atom is -0.275 e. The van der Waals surface area contributed by atoms with E-state index in [-0.39, 0.29) is 6.23 Å². The summed E-state index contributed by atoms with van der Waals surface area (Å²) in [5.74, 6) is 0.940. The van der Waals surface area contributed by atoms with E-state index in [2.05, 4.69) is 42.3 Å². The summed E-state index contributed by atoms with van der Waals surface area (Å²) in [6, 6.07) is 16.1. The largest absolute Gasteiger partial charge is 0.275 e. The second-order valence-electron chi connectivity index (χ2n) is 7.93. The highest BCUT2D eigenvalue weighted by Crippen LogP contribution is 2.45. The van der Waals surface area contributed by atoms with Gasteiger partial charge in [-0.15, -0.1) is 11.6 Å². The van der Waals surface area contributed by atoms with Crippen LogP contribution >= 0.6 is 34.8 Å². The molecule has 162 valence electrons. The number of alkyl halides is 1. The Balaban J connectivity index is 1.56.